The van der Waals surface area contributed by atoms with Crippen LogP contribution < -0.4 is 0 Å². The minimum Gasteiger partial charge on any atom is -0.339 e. The Labute approximate surface area is 191 Å². The standard InChI is InChI=1S/C20H32IN3O4S/c1-2-3-7-17(25)22-10-12-23(13-11-22)18(26)8-5-4-6-9-24-19(27)14-16(20(24)28)29-15-21/h16H,2-15H2,1H3. The van der Waals surface area contributed by atoms with E-state index in [-0.39, 0.29) is 28.9 Å². The van der Waals surface area contributed by atoms with Crippen molar-refractivity contribution in [2.24, 2.45) is 0 Å². The van der Waals surface area contributed by atoms with Gasteiger partial charge in [-0.25, -0.2) is 0 Å². The van der Waals surface area contributed by atoms with E-state index in [0.29, 0.717) is 52.0 Å². The van der Waals surface area contributed by atoms with Gasteiger partial charge in [-0.05, 0) is 19.3 Å². The lowest BCUT2D eigenvalue weighted by Gasteiger charge is -2.35. The number of amides is 4. The highest BCUT2D eigenvalue weighted by Crippen LogP contribution is 2.26. The molecule has 0 aromatic rings. The van der Waals surface area contributed by atoms with Gasteiger partial charge < -0.3 is 9.80 Å². The van der Waals surface area contributed by atoms with Gasteiger partial charge in [0, 0.05) is 55.7 Å². The molecule has 2 aliphatic rings. The topological polar surface area (TPSA) is 78.0 Å². The summed E-state index contributed by atoms with van der Waals surface area (Å²) in [4.78, 5) is 53.7. The summed E-state index contributed by atoms with van der Waals surface area (Å²) in [5, 5.41) is -0.214. The maximum Gasteiger partial charge on any atom is 0.242 e. The molecule has 0 radical (unpaired) electrons. The first-order valence-electron chi connectivity index (χ1n) is 10.5. The van der Waals surface area contributed by atoms with Gasteiger partial charge in [-0.3, -0.25) is 24.1 Å². The third-order valence-corrected chi connectivity index (χ3v) is 7.44. The van der Waals surface area contributed by atoms with Crippen LogP contribution in [0.3, 0.4) is 0 Å². The predicted octanol–water partition coefficient (Wildman–Crippen LogP) is 2.66. The molecule has 2 aliphatic heterocycles. The zero-order valence-electron chi connectivity index (χ0n) is 17.2. The van der Waals surface area contributed by atoms with Gasteiger partial charge in [0.2, 0.25) is 23.6 Å². The lowest BCUT2D eigenvalue weighted by atomic mass is 10.1. The number of carbonyl (C=O) groups excluding carboxylic acids is 4. The molecule has 2 fully saturated rings. The SMILES string of the molecule is CCCCC(=O)N1CCN(C(=O)CCCCCN2C(=O)CC(SCI)C2=O)CC1. The van der Waals surface area contributed by atoms with Crippen molar-refractivity contribution in [1.82, 2.24) is 14.7 Å². The fourth-order valence-electron chi connectivity index (χ4n) is 3.67. The Hall–Kier alpha value is -0.840. The summed E-state index contributed by atoms with van der Waals surface area (Å²) in [6.45, 7) is 5.02. The molecule has 164 valence electrons. The zero-order chi connectivity index (χ0) is 21.2. The number of nitrogens with zero attached hydrogens (tertiary/aromatic N) is 3. The van der Waals surface area contributed by atoms with E-state index in [1.165, 1.54) is 16.7 Å². The zero-order valence-corrected chi connectivity index (χ0v) is 20.2. The minimum absolute atomic E-state index is 0.0564. The van der Waals surface area contributed by atoms with Crippen molar-refractivity contribution in [3.8, 4) is 0 Å². The minimum atomic E-state index is -0.214. The number of hydrogen-bond acceptors (Lipinski definition) is 5. The molecule has 2 heterocycles. The normalized spacial score (nSPS) is 19.9. The number of likely N-dealkylation sites (tertiary alicyclic amines) is 1. The summed E-state index contributed by atoms with van der Waals surface area (Å²) in [7, 11) is 0. The molecule has 29 heavy (non-hydrogen) atoms. The van der Waals surface area contributed by atoms with Crippen molar-refractivity contribution in [2.45, 2.75) is 63.5 Å². The van der Waals surface area contributed by atoms with E-state index < -0.39 is 0 Å². The number of thioether (sulfide) groups is 1. The number of unbranched alkanes of at least 4 members (excludes halogenated alkanes) is 3. The Bertz CT molecular complexity index is 596. The highest BCUT2D eigenvalue weighted by atomic mass is 127. The quantitative estimate of drug-likeness (QED) is 0.175. The third-order valence-electron chi connectivity index (χ3n) is 5.47. The first-order valence-corrected chi connectivity index (χ1v) is 13.1. The number of imide groups is 1. The molecule has 1 unspecified atom stereocenters. The van der Waals surface area contributed by atoms with Crippen LogP contribution >= 0.6 is 34.4 Å². The van der Waals surface area contributed by atoms with Crippen LogP contribution in [0, 0.1) is 0 Å². The molecular formula is C20H32IN3O4S. The second-order valence-electron chi connectivity index (χ2n) is 7.53. The Kier molecular flexibility index (Phi) is 10.8. The second-order valence-corrected chi connectivity index (χ2v) is 10.5. The summed E-state index contributed by atoms with van der Waals surface area (Å²) in [5.41, 5.74) is 0. The Morgan fingerprint density at radius 3 is 2.10 bits per heavy atom. The number of alkyl halides is 1. The molecule has 2 rings (SSSR count). The first kappa shape index (κ1) is 24.4. The predicted molar refractivity (Wildman–Crippen MR) is 123 cm³/mol. The lowest BCUT2D eigenvalue weighted by Crippen LogP contribution is -2.50. The molecule has 0 aromatic carbocycles. The number of rotatable bonds is 11. The van der Waals surface area contributed by atoms with Crippen molar-refractivity contribution in [2.75, 3.05) is 36.5 Å². The summed E-state index contributed by atoms with van der Waals surface area (Å²) in [6.07, 6.45) is 5.67. The van der Waals surface area contributed by atoms with Crippen LogP contribution in [0.25, 0.3) is 0 Å². The maximum absolute atomic E-state index is 12.4. The number of piperazine rings is 1. The molecule has 0 N–H and O–H groups in total. The van der Waals surface area contributed by atoms with Gasteiger partial charge in [-0.1, -0.05) is 42.4 Å². The van der Waals surface area contributed by atoms with Crippen molar-refractivity contribution >= 4 is 58.0 Å². The van der Waals surface area contributed by atoms with Gasteiger partial charge in [-0.15, -0.1) is 11.8 Å². The van der Waals surface area contributed by atoms with Crippen LogP contribution in [0.1, 0.15) is 58.3 Å². The molecule has 4 amide bonds. The van der Waals surface area contributed by atoms with Gasteiger partial charge >= 0.3 is 0 Å². The molecule has 2 saturated heterocycles. The molecule has 0 spiro atoms. The third kappa shape index (κ3) is 7.41. The lowest BCUT2D eigenvalue weighted by molar-refractivity contribution is -0.139. The average molecular weight is 537 g/mol. The van der Waals surface area contributed by atoms with Gasteiger partial charge in [0.05, 0.1) is 5.25 Å². The molecule has 1 atom stereocenters. The second kappa shape index (κ2) is 12.8. The van der Waals surface area contributed by atoms with Crippen molar-refractivity contribution in [3.05, 3.63) is 0 Å². The van der Waals surface area contributed by atoms with E-state index in [0.717, 1.165) is 35.9 Å². The Balaban J connectivity index is 1.59. The number of hydrogen-bond donors (Lipinski definition) is 0. The highest BCUT2D eigenvalue weighted by Gasteiger charge is 2.38. The highest BCUT2D eigenvalue weighted by molar-refractivity contribution is 14.1. The van der Waals surface area contributed by atoms with E-state index in [1.807, 2.05) is 9.80 Å². The van der Waals surface area contributed by atoms with Crippen molar-refractivity contribution in [3.63, 3.8) is 0 Å². The van der Waals surface area contributed by atoms with Crippen LogP contribution in [-0.2, 0) is 19.2 Å². The smallest absolute Gasteiger partial charge is 0.242 e. The van der Waals surface area contributed by atoms with Gasteiger partial charge in [0.1, 0.15) is 0 Å². The first-order chi connectivity index (χ1) is 14.0. The molecule has 0 saturated carbocycles. The number of halogens is 1. The summed E-state index contributed by atoms with van der Waals surface area (Å²) in [6, 6.07) is 0. The van der Waals surface area contributed by atoms with Crippen LogP contribution in [0.5, 0.6) is 0 Å². The molecule has 0 bridgehead atoms. The van der Waals surface area contributed by atoms with E-state index in [9.17, 15) is 19.2 Å². The van der Waals surface area contributed by atoms with Crippen LogP contribution in [0.4, 0.5) is 0 Å². The van der Waals surface area contributed by atoms with Crippen molar-refractivity contribution < 1.29 is 19.2 Å². The van der Waals surface area contributed by atoms with Crippen LogP contribution in [-0.4, -0.2) is 80.1 Å². The van der Waals surface area contributed by atoms with Gasteiger partial charge in [0.15, 0.2) is 0 Å². The van der Waals surface area contributed by atoms with E-state index in [4.69, 9.17) is 0 Å². The van der Waals surface area contributed by atoms with E-state index in [2.05, 4.69) is 29.5 Å². The number of carbonyl (C=O) groups is 4. The Morgan fingerprint density at radius 2 is 1.55 bits per heavy atom. The fraction of sp³-hybridized carbons (Fsp3) is 0.800. The molecular weight excluding hydrogens is 505 g/mol. The fourth-order valence-corrected chi connectivity index (χ4v) is 5.65. The van der Waals surface area contributed by atoms with Crippen LogP contribution in [0.2, 0.25) is 0 Å². The molecule has 0 aliphatic carbocycles. The summed E-state index contributed by atoms with van der Waals surface area (Å²) >= 11 is 3.72. The van der Waals surface area contributed by atoms with E-state index in [1.54, 1.807) is 0 Å². The maximum atomic E-state index is 12.4. The van der Waals surface area contributed by atoms with E-state index >= 15 is 0 Å². The largest absolute Gasteiger partial charge is 0.339 e. The summed E-state index contributed by atoms with van der Waals surface area (Å²) in [5.74, 6) is 0.209. The Morgan fingerprint density at radius 1 is 0.966 bits per heavy atom. The van der Waals surface area contributed by atoms with Crippen molar-refractivity contribution in [1.29, 1.82) is 0 Å². The van der Waals surface area contributed by atoms with Crippen LogP contribution in [0.15, 0.2) is 0 Å². The van der Waals surface area contributed by atoms with Gasteiger partial charge in [0.25, 0.3) is 0 Å². The molecule has 0 aromatic heterocycles. The molecule has 7 nitrogen and oxygen atoms in total. The summed E-state index contributed by atoms with van der Waals surface area (Å²) < 4.78 is 0.804. The average Bonchev–Trinajstić information content (AvgIpc) is 2.99. The monoisotopic (exact) mass is 537 g/mol. The molecule has 9 heteroatoms. The van der Waals surface area contributed by atoms with Gasteiger partial charge in [-0.2, -0.15) is 0 Å².